The Kier molecular flexibility index (Phi) is 4.89. The Morgan fingerprint density at radius 1 is 1.29 bits per heavy atom. The summed E-state index contributed by atoms with van der Waals surface area (Å²) < 4.78 is 24.4. The van der Waals surface area contributed by atoms with Gasteiger partial charge in [0.05, 0.1) is 5.25 Å². The highest BCUT2D eigenvalue weighted by Gasteiger charge is 2.23. The summed E-state index contributed by atoms with van der Waals surface area (Å²) in [5, 5.41) is -0.470. The highest BCUT2D eigenvalue weighted by Crippen LogP contribution is 2.13. The van der Waals surface area contributed by atoms with E-state index in [-0.39, 0.29) is 5.78 Å². The van der Waals surface area contributed by atoms with Crippen LogP contribution in [-0.4, -0.2) is 25.2 Å². The number of hydrogen-bond donors (Lipinski definition) is 0. The predicted molar refractivity (Wildman–Crippen MR) is 72.0 cm³/mol. The Hall–Kier alpha value is -0.680. The van der Waals surface area contributed by atoms with Crippen LogP contribution in [0.3, 0.4) is 0 Å². The minimum absolute atomic E-state index is 0.349. The fraction of sp³-hybridized carbons (Fsp3) is 0.417. The van der Waals surface area contributed by atoms with E-state index in [4.69, 9.17) is 0 Å². The van der Waals surface area contributed by atoms with Gasteiger partial charge in [0.25, 0.3) is 0 Å². The fourth-order valence-electron chi connectivity index (χ4n) is 1.30. The molecule has 0 aliphatic heterocycles. The third kappa shape index (κ3) is 3.92. The standard InChI is InChI=1S/C12H15BrO3S/c1-3-9(2)17(15,16)8-12(14)10-4-6-11(13)7-5-10/h4-7,9H,3,8H2,1-2H3. The van der Waals surface area contributed by atoms with Crippen LogP contribution in [0, 0.1) is 0 Å². The van der Waals surface area contributed by atoms with Crippen molar-refractivity contribution in [2.45, 2.75) is 25.5 Å². The van der Waals surface area contributed by atoms with Crippen LogP contribution in [0.2, 0.25) is 0 Å². The Bertz CT molecular complexity index is 491. The van der Waals surface area contributed by atoms with E-state index in [1.54, 1.807) is 38.1 Å². The van der Waals surface area contributed by atoms with Crippen LogP contribution >= 0.6 is 15.9 Å². The first-order valence-electron chi connectivity index (χ1n) is 5.37. The lowest BCUT2D eigenvalue weighted by molar-refractivity contribution is 0.102. The lowest BCUT2D eigenvalue weighted by Gasteiger charge is -2.09. The van der Waals surface area contributed by atoms with Gasteiger partial charge in [-0.15, -0.1) is 0 Å². The SMILES string of the molecule is CCC(C)S(=O)(=O)CC(=O)c1ccc(Br)cc1. The van der Waals surface area contributed by atoms with Crippen LogP contribution in [0.4, 0.5) is 0 Å². The monoisotopic (exact) mass is 318 g/mol. The van der Waals surface area contributed by atoms with E-state index in [1.807, 2.05) is 0 Å². The topological polar surface area (TPSA) is 51.2 Å². The van der Waals surface area contributed by atoms with Crippen molar-refractivity contribution in [1.29, 1.82) is 0 Å². The average Bonchev–Trinajstić information content (AvgIpc) is 2.28. The normalized spacial score (nSPS) is 13.4. The number of benzene rings is 1. The van der Waals surface area contributed by atoms with Crippen molar-refractivity contribution in [2.24, 2.45) is 0 Å². The number of carbonyl (C=O) groups is 1. The second-order valence-corrected chi connectivity index (χ2v) is 7.29. The second kappa shape index (κ2) is 5.78. The van der Waals surface area contributed by atoms with Crippen molar-refractivity contribution >= 4 is 31.6 Å². The molecule has 0 aliphatic carbocycles. The second-order valence-electron chi connectivity index (χ2n) is 3.96. The zero-order valence-electron chi connectivity index (χ0n) is 9.81. The summed E-state index contributed by atoms with van der Waals surface area (Å²) in [4.78, 5) is 11.8. The molecular formula is C12H15BrO3S. The van der Waals surface area contributed by atoms with Gasteiger partial charge in [-0.25, -0.2) is 8.42 Å². The van der Waals surface area contributed by atoms with Crippen LogP contribution < -0.4 is 0 Å². The summed E-state index contributed by atoms with van der Waals surface area (Å²) in [7, 11) is -3.33. The van der Waals surface area contributed by atoms with Crippen molar-refractivity contribution in [3.63, 3.8) is 0 Å². The number of ketones is 1. The largest absolute Gasteiger partial charge is 0.293 e. The number of carbonyl (C=O) groups excluding carboxylic acids is 1. The maximum atomic E-state index is 11.8. The van der Waals surface area contributed by atoms with Gasteiger partial charge in [-0.2, -0.15) is 0 Å². The molecule has 5 heteroatoms. The molecule has 0 amide bonds. The van der Waals surface area contributed by atoms with Gasteiger partial charge >= 0.3 is 0 Å². The summed E-state index contributed by atoms with van der Waals surface area (Å²) >= 11 is 3.26. The third-order valence-electron chi connectivity index (χ3n) is 2.69. The van der Waals surface area contributed by atoms with Gasteiger partial charge in [0, 0.05) is 10.0 Å². The lowest BCUT2D eigenvalue weighted by atomic mass is 10.2. The first kappa shape index (κ1) is 14.4. The molecule has 0 heterocycles. The maximum Gasteiger partial charge on any atom is 0.177 e. The Morgan fingerprint density at radius 2 is 1.82 bits per heavy atom. The number of Topliss-reactive ketones (excluding diaryl/α,β-unsaturated/α-hetero) is 1. The third-order valence-corrected chi connectivity index (χ3v) is 5.44. The molecule has 0 radical (unpaired) electrons. The molecule has 0 saturated carbocycles. The van der Waals surface area contributed by atoms with Crippen molar-refractivity contribution in [1.82, 2.24) is 0 Å². The van der Waals surface area contributed by atoms with Gasteiger partial charge in [0.2, 0.25) is 0 Å². The van der Waals surface area contributed by atoms with E-state index in [1.165, 1.54) is 0 Å². The van der Waals surface area contributed by atoms with Crippen molar-refractivity contribution in [3.05, 3.63) is 34.3 Å². The van der Waals surface area contributed by atoms with Gasteiger partial charge in [0.15, 0.2) is 15.6 Å². The molecule has 0 spiro atoms. The van der Waals surface area contributed by atoms with Gasteiger partial charge in [-0.05, 0) is 25.5 Å². The van der Waals surface area contributed by atoms with E-state index in [9.17, 15) is 13.2 Å². The molecule has 0 aliphatic rings. The molecule has 1 aromatic rings. The summed E-state index contributed by atoms with van der Waals surface area (Å²) in [6.07, 6.45) is 0.524. The number of sulfone groups is 1. The van der Waals surface area contributed by atoms with Gasteiger partial charge in [-0.3, -0.25) is 4.79 Å². The highest BCUT2D eigenvalue weighted by atomic mass is 79.9. The quantitative estimate of drug-likeness (QED) is 0.784. The zero-order chi connectivity index (χ0) is 13.1. The van der Waals surface area contributed by atoms with Crippen LogP contribution in [0.25, 0.3) is 0 Å². The fourth-order valence-corrected chi connectivity index (χ4v) is 2.89. The van der Waals surface area contributed by atoms with Crippen molar-refractivity contribution < 1.29 is 13.2 Å². The highest BCUT2D eigenvalue weighted by molar-refractivity contribution is 9.10. The van der Waals surface area contributed by atoms with E-state index < -0.39 is 20.8 Å². The zero-order valence-corrected chi connectivity index (χ0v) is 12.2. The maximum absolute atomic E-state index is 11.8. The number of halogens is 1. The summed E-state index contributed by atoms with van der Waals surface area (Å²) in [5.41, 5.74) is 0.431. The first-order chi connectivity index (χ1) is 7.86. The van der Waals surface area contributed by atoms with Gasteiger partial charge in [0.1, 0.15) is 5.75 Å². The van der Waals surface area contributed by atoms with Crippen molar-refractivity contribution in [3.8, 4) is 0 Å². The predicted octanol–water partition coefficient (Wildman–Crippen LogP) is 2.85. The first-order valence-corrected chi connectivity index (χ1v) is 7.88. The van der Waals surface area contributed by atoms with E-state index in [2.05, 4.69) is 15.9 Å². The van der Waals surface area contributed by atoms with Gasteiger partial charge < -0.3 is 0 Å². The Balaban J connectivity index is 2.83. The van der Waals surface area contributed by atoms with Crippen LogP contribution in [0.5, 0.6) is 0 Å². The molecule has 0 N–H and O–H groups in total. The van der Waals surface area contributed by atoms with Gasteiger partial charge in [-0.1, -0.05) is 35.0 Å². The minimum Gasteiger partial charge on any atom is -0.293 e. The molecule has 94 valence electrons. The van der Waals surface area contributed by atoms with E-state index in [0.29, 0.717) is 12.0 Å². The van der Waals surface area contributed by atoms with Crippen molar-refractivity contribution in [2.75, 3.05) is 5.75 Å². The number of hydrogen-bond acceptors (Lipinski definition) is 3. The molecule has 0 fully saturated rings. The summed E-state index contributed by atoms with van der Waals surface area (Å²) in [6, 6.07) is 6.70. The molecule has 0 aromatic heterocycles. The Labute approximate surface area is 110 Å². The molecule has 17 heavy (non-hydrogen) atoms. The average molecular weight is 319 g/mol. The molecule has 1 unspecified atom stereocenters. The van der Waals surface area contributed by atoms with E-state index >= 15 is 0 Å². The molecule has 3 nitrogen and oxygen atoms in total. The molecule has 1 rings (SSSR count). The molecule has 0 bridgehead atoms. The molecular weight excluding hydrogens is 304 g/mol. The Morgan fingerprint density at radius 3 is 2.29 bits per heavy atom. The lowest BCUT2D eigenvalue weighted by Crippen LogP contribution is -2.25. The van der Waals surface area contributed by atoms with Crippen LogP contribution in [-0.2, 0) is 9.84 Å². The molecule has 0 saturated heterocycles. The number of rotatable bonds is 5. The summed E-state index contributed by atoms with van der Waals surface area (Å²) in [5.74, 6) is -0.762. The minimum atomic E-state index is -3.33. The smallest absolute Gasteiger partial charge is 0.177 e. The van der Waals surface area contributed by atoms with Crippen LogP contribution in [0.1, 0.15) is 30.6 Å². The van der Waals surface area contributed by atoms with E-state index in [0.717, 1.165) is 4.47 Å². The summed E-state index contributed by atoms with van der Waals surface area (Å²) in [6.45, 7) is 3.43. The van der Waals surface area contributed by atoms with Crippen LogP contribution in [0.15, 0.2) is 28.7 Å². The molecule has 1 aromatic carbocycles. The molecule has 1 atom stereocenters.